The Labute approximate surface area is 164 Å². The van der Waals surface area contributed by atoms with Crippen LogP contribution in [0.15, 0.2) is 24.3 Å². The molecule has 4 nitrogen and oxygen atoms in total. The second-order valence-electron chi connectivity index (χ2n) is 7.16. The van der Waals surface area contributed by atoms with Crippen LogP contribution in [0.2, 0.25) is 0 Å². The molecule has 2 aromatic rings. The summed E-state index contributed by atoms with van der Waals surface area (Å²) in [6.45, 7) is 3.89. The summed E-state index contributed by atoms with van der Waals surface area (Å²) in [5.74, 6) is -0.943. The summed E-state index contributed by atoms with van der Waals surface area (Å²) in [5.41, 5.74) is 1.04. The van der Waals surface area contributed by atoms with Gasteiger partial charge in [0.25, 0.3) is 0 Å². The second-order valence-corrected chi connectivity index (χ2v) is 8.37. The van der Waals surface area contributed by atoms with Gasteiger partial charge in [-0.2, -0.15) is 0 Å². The number of aryl methyl sites for hydroxylation is 1. The number of thiazole rings is 1. The maximum atomic E-state index is 12.8. The number of nitrogens with zero attached hydrogens (tertiary/aromatic N) is 1. The van der Waals surface area contributed by atoms with Crippen LogP contribution >= 0.6 is 11.3 Å². The Hall–Kier alpha value is -2.22. The maximum absolute atomic E-state index is 12.8. The number of benzene rings is 1. The number of halogens is 3. The van der Waals surface area contributed by atoms with Gasteiger partial charge >= 0.3 is 6.36 Å². The Kier molecular flexibility index (Phi) is 5.88. The van der Waals surface area contributed by atoms with Crippen molar-refractivity contribution in [1.82, 2.24) is 4.98 Å². The van der Waals surface area contributed by atoms with Crippen LogP contribution in [0.5, 0.6) is 5.75 Å². The van der Waals surface area contributed by atoms with Crippen molar-refractivity contribution in [2.75, 3.05) is 0 Å². The molecule has 1 heterocycles. The van der Waals surface area contributed by atoms with Crippen LogP contribution in [0.4, 0.5) is 13.2 Å². The fraction of sp³-hybridized carbons (Fsp3) is 0.450. The molecule has 1 aliphatic carbocycles. The van der Waals surface area contributed by atoms with E-state index in [1.54, 1.807) is 6.92 Å². The van der Waals surface area contributed by atoms with Crippen molar-refractivity contribution in [1.29, 1.82) is 0 Å². The number of carbonyl (C=O) groups excluding carboxylic acids is 2. The molecule has 8 heteroatoms. The van der Waals surface area contributed by atoms with Gasteiger partial charge in [0.15, 0.2) is 5.78 Å². The molecular formula is C20H20F3NO3S. The molecule has 1 aromatic carbocycles. The number of aromatic nitrogens is 1. The van der Waals surface area contributed by atoms with Crippen LogP contribution in [0.3, 0.4) is 0 Å². The largest absolute Gasteiger partial charge is 0.573 e. The molecule has 1 fully saturated rings. The van der Waals surface area contributed by atoms with Crippen molar-refractivity contribution < 1.29 is 27.5 Å². The highest BCUT2D eigenvalue weighted by molar-refractivity contribution is 7.15. The van der Waals surface area contributed by atoms with Crippen LogP contribution in [0, 0.1) is 18.8 Å². The van der Waals surface area contributed by atoms with Gasteiger partial charge in [0, 0.05) is 16.4 Å². The summed E-state index contributed by atoms with van der Waals surface area (Å²) in [6, 6.07) is 5.36. The molecule has 1 unspecified atom stereocenters. The van der Waals surface area contributed by atoms with Crippen LogP contribution in [-0.2, 0) is 9.59 Å². The molecule has 0 bridgehead atoms. The average Bonchev–Trinajstić information content (AvgIpc) is 3.21. The number of alkyl halides is 3. The van der Waals surface area contributed by atoms with Crippen LogP contribution < -0.4 is 4.74 Å². The number of Topliss-reactive ketones (excluding diaryl/α,β-unsaturated/α-hetero) is 1. The lowest BCUT2D eigenvalue weighted by Gasteiger charge is -2.13. The molecule has 0 spiro atoms. The summed E-state index contributed by atoms with van der Waals surface area (Å²) in [6.07, 6.45) is -1.53. The zero-order valence-corrected chi connectivity index (χ0v) is 16.3. The molecule has 3 rings (SSSR count). The molecule has 150 valence electrons. The molecule has 1 saturated carbocycles. The van der Waals surface area contributed by atoms with Gasteiger partial charge in [0.1, 0.15) is 23.0 Å². The predicted octanol–water partition coefficient (Wildman–Crippen LogP) is 5.30. The van der Waals surface area contributed by atoms with Gasteiger partial charge in [-0.3, -0.25) is 4.79 Å². The zero-order valence-electron chi connectivity index (χ0n) is 15.5. The van der Waals surface area contributed by atoms with Gasteiger partial charge in [0.2, 0.25) is 0 Å². The monoisotopic (exact) mass is 411 g/mol. The summed E-state index contributed by atoms with van der Waals surface area (Å²) < 4.78 is 40.7. The standard InChI is InChI=1S/C20H20F3NO3S/c1-11-3-4-14(9-11)18(26)16(10-25)17-12(2)28-19(24-17)13-5-7-15(8-6-13)27-20(21,22)23/h5-8,10-11,14,16H,3-4,9H2,1-2H3/t11-,14-,16?/m1/s1. The first-order valence-corrected chi connectivity index (χ1v) is 9.82. The number of ether oxygens (including phenoxy) is 1. The van der Waals surface area contributed by atoms with Crippen LogP contribution in [-0.4, -0.2) is 23.4 Å². The van der Waals surface area contributed by atoms with E-state index in [-0.39, 0.29) is 17.5 Å². The minimum Gasteiger partial charge on any atom is -0.406 e. The Morgan fingerprint density at radius 2 is 1.96 bits per heavy atom. The molecule has 3 atom stereocenters. The van der Waals surface area contributed by atoms with Gasteiger partial charge in [-0.15, -0.1) is 24.5 Å². The lowest BCUT2D eigenvalue weighted by molar-refractivity contribution is -0.274. The number of hydrogen-bond acceptors (Lipinski definition) is 5. The quantitative estimate of drug-likeness (QED) is 0.478. The first kappa shape index (κ1) is 20.5. The van der Waals surface area contributed by atoms with Crippen molar-refractivity contribution in [2.24, 2.45) is 11.8 Å². The third-order valence-corrected chi connectivity index (χ3v) is 6.04. The first-order valence-electron chi connectivity index (χ1n) is 9.00. The smallest absolute Gasteiger partial charge is 0.406 e. The molecule has 0 amide bonds. The van der Waals surface area contributed by atoms with Gasteiger partial charge in [0.05, 0.1) is 5.69 Å². The van der Waals surface area contributed by atoms with E-state index >= 15 is 0 Å². The lowest BCUT2D eigenvalue weighted by atomic mass is 9.89. The van der Waals surface area contributed by atoms with E-state index in [0.717, 1.165) is 24.1 Å². The molecule has 0 N–H and O–H groups in total. The first-order chi connectivity index (χ1) is 13.2. The Morgan fingerprint density at radius 1 is 1.29 bits per heavy atom. The van der Waals surface area contributed by atoms with Gasteiger partial charge in [-0.05, 0) is 56.4 Å². The van der Waals surface area contributed by atoms with Crippen LogP contribution in [0.1, 0.15) is 42.7 Å². The summed E-state index contributed by atoms with van der Waals surface area (Å²) >= 11 is 1.31. The number of ketones is 1. The zero-order chi connectivity index (χ0) is 20.5. The third-order valence-electron chi connectivity index (χ3n) is 5.00. The number of rotatable bonds is 6. The van der Waals surface area contributed by atoms with Crippen molar-refractivity contribution in [3.63, 3.8) is 0 Å². The van der Waals surface area contributed by atoms with E-state index in [2.05, 4.69) is 16.6 Å². The number of hydrogen-bond donors (Lipinski definition) is 0. The summed E-state index contributed by atoms with van der Waals surface area (Å²) in [7, 11) is 0. The molecule has 0 saturated heterocycles. The molecule has 28 heavy (non-hydrogen) atoms. The highest BCUT2D eigenvalue weighted by Crippen LogP contribution is 2.37. The van der Waals surface area contributed by atoms with E-state index in [9.17, 15) is 22.8 Å². The van der Waals surface area contributed by atoms with Crippen molar-refractivity contribution >= 4 is 23.4 Å². The molecule has 0 radical (unpaired) electrons. The SMILES string of the molecule is Cc1sc(-c2ccc(OC(F)(F)F)cc2)nc1C(C=O)C(=O)[C@@H]1CC[C@@H](C)C1. The maximum Gasteiger partial charge on any atom is 0.573 e. The van der Waals surface area contributed by atoms with Crippen molar-refractivity contribution in [3.05, 3.63) is 34.8 Å². The minimum atomic E-state index is -4.75. The van der Waals surface area contributed by atoms with Crippen molar-refractivity contribution in [2.45, 2.75) is 45.4 Å². The van der Waals surface area contributed by atoms with E-state index in [1.807, 2.05) is 0 Å². The lowest BCUT2D eigenvalue weighted by Crippen LogP contribution is -2.22. The minimum absolute atomic E-state index is 0.0896. The fourth-order valence-corrected chi connectivity index (χ4v) is 4.57. The van der Waals surface area contributed by atoms with Gasteiger partial charge in [-0.25, -0.2) is 4.98 Å². The highest BCUT2D eigenvalue weighted by Gasteiger charge is 2.35. The number of carbonyl (C=O) groups is 2. The predicted molar refractivity (Wildman–Crippen MR) is 99.3 cm³/mol. The summed E-state index contributed by atoms with van der Waals surface area (Å²) in [5, 5.41) is 0.547. The van der Waals surface area contributed by atoms with Crippen LogP contribution in [0.25, 0.3) is 10.6 Å². The third kappa shape index (κ3) is 4.60. The Balaban J connectivity index is 1.82. The normalized spacial score (nSPS) is 20.8. The highest BCUT2D eigenvalue weighted by atomic mass is 32.1. The number of aldehydes is 1. The second kappa shape index (κ2) is 8.03. The summed E-state index contributed by atoms with van der Waals surface area (Å²) in [4.78, 5) is 29.7. The molecule has 1 aromatic heterocycles. The van der Waals surface area contributed by atoms with E-state index in [1.165, 1.54) is 35.6 Å². The van der Waals surface area contributed by atoms with E-state index in [0.29, 0.717) is 28.5 Å². The fourth-order valence-electron chi connectivity index (χ4n) is 3.61. The Bertz CT molecular complexity index is 861. The molecule has 1 aliphatic rings. The topological polar surface area (TPSA) is 56.3 Å². The molecule has 0 aliphatic heterocycles. The van der Waals surface area contributed by atoms with E-state index in [4.69, 9.17) is 0 Å². The van der Waals surface area contributed by atoms with Gasteiger partial charge < -0.3 is 9.53 Å². The van der Waals surface area contributed by atoms with Crippen molar-refractivity contribution in [3.8, 4) is 16.3 Å². The molecular weight excluding hydrogens is 391 g/mol. The Morgan fingerprint density at radius 3 is 2.50 bits per heavy atom. The average molecular weight is 411 g/mol. The van der Waals surface area contributed by atoms with E-state index < -0.39 is 12.3 Å². The van der Waals surface area contributed by atoms with Gasteiger partial charge in [-0.1, -0.05) is 6.92 Å².